The quantitative estimate of drug-likeness (QED) is 0.676. The number of hydrogen-bond donors (Lipinski definition) is 0. The fraction of sp³-hybridized carbons (Fsp3) is 0.333. The van der Waals surface area contributed by atoms with Gasteiger partial charge in [-0.3, -0.25) is 0 Å². The minimum atomic E-state index is -0.556. The average molecular weight is 212 g/mol. The molecule has 0 radical (unpaired) electrons. The summed E-state index contributed by atoms with van der Waals surface area (Å²) in [7, 11) is 0. The highest BCUT2D eigenvalue weighted by Gasteiger charge is 2.09. The lowest BCUT2D eigenvalue weighted by Gasteiger charge is -2.14. The Hall–Kier alpha value is -1.38. The Bertz CT molecular complexity index is 336. The molecule has 0 heterocycles. The van der Waals surface area contributed by atoms with E-state index in [0.29, 0.717) is 0 Å². The Labute approximate surface area is 88.4 Å². The molecule has 1 aromatic rings. The van der Waals surface area contributed by atoms with Crippen LogP contribution in [-0.4, -0.2) is 6.10 Å². The highest BCUT2D eigenvalue weighted by atomic mass is 19.1. The number of hydrogen-bond acceptors (Lipinski definition) is 1. The molecule has 0 bridgehead atoms. The van der Waals surface area contributed by atoms with E-state index < -0.39 is 11.6 Å². The van der Waals surface area contributed by atoms with E-state index in [1.54, 1.807) is 6.08 Å². The first-order chi connectivity index (χ1) is 7.17. The number of benzene rings is 1. The Morgan fingerprint density at radius 1 is 1.47 bits per heavy atom. The van der Waals surface area contributed by atoms with Crippen molar-refractivity contribution in [3.8, 4) is 5.75 Å². The van der Waals surface area contributed by atoms with Gasteiger partial charge in [-0.25, -0.2) is 8.78 Å². The second-order valence-corrected chi connectivity index (χ2v) is 3.26. The lowest BCUT2D eigenvalue weighted by atomic mass is 10.2. The van der Waals surface area contributed by atoms with Crippen molar-refractivity contribution in [2.75, 3.05) is 0 Å². The van der Waals surface area contributed by atoms with Crippen molar-refractivity contribution < 1.29 is 13.5 Å². The highest BCUT2D eigenvalue weighted by molar-refractivity contribution is 5.25. The molecule has 0 saturated heterocycles. The molecule has 0 spiro atoms. The molecule has 1 rings (SSSR count). The first kappa shape index (κ1) is 11.7. The van der Waals surface area contributed by atoms with Crippen LogP contribution in [0, 0.1) is 11.6 Å². The molecule has 0 unspecified atom stereocenters. The molecule has 0 N–H and O–H groups in total. The highest BCUT2D eigenvalue weighted by Crippen LogP contribution is 2.20. The first-order valence-electron chi connectivity index (χ1n) is 4.91. The van der Waals surface area contributed by atoms with E-state index in [0.717, 1.165) is 31.0 Å². The normalized spacial score (nSPS) is 12.2. The van der Waals surface area contributed by atoms with Crippen molar-refractivity contribution in [2.45, 2.75) is 25.9 Å². The monoisotopic (exact) mass is 212 g/mol. The molecule has 15 heavy (non-hydrogen) atoms. The van der Waals surface area contributed by atoms with Crippen LogP contribution in [0.1, 0.15) is 19.8 Å². The van der Waals surface area contributed by atoms with Gasteiger partial charge in [0.2, 0.25) is 0 Å². The Balaban J connectivity index is 2.77. The summed E-state index contributed by atoms with van der Waals surface area (Å²) < 4.78 is 31.3. The van der Waals surface area contributed by atoms with Crippen LogP contribution in [0.2, 0.25) is 0 Å². The van der Waals surface area contributed by atoms with E-state index >= 15 is 0 Å². The van der Waals surface area contributed by atoms with Crippen molar-refractivity contribution >= 4 is 0 Å². The van der Waals surface area contributed by atoms with Gasteiger partial charge >= 0.3 is 0 Å². The van der Waals surface area contributed by atoms with Crippen molar-refractivity contribution in [3.63, 3.8) is 0 Å². The fourth-order valence-corrected chi connectivity index (χ4v) is 1.24. The van der Waals surface area contributed by atoms with Gasteiger partial charge in [-0.05, 0) is 18.6 Å². The molecule has 1 nitrogen and oxygen atoms in total. The lowest BCUT2D eigenvalue weighted by molar-refractivity contribution is 0.226. The van der Waals surface area contributed by atoms with Gasteiger partial charge in [-0.15, -0.1) is 0 Å². The van der Waals surface area contributed by atoms with E-state index in [-0.39, 0.29) is 11.9 Å². The van der Waals surface area contributed by atoms with Gasteiger partial charge in [0, 0.05) is 6.07 Å². The van der Waals surface area contributed by atoms with Crippen LogP contribution in [0.25, 0.3) is 0 Å². The predicted molar refractivity (Wildman–Crippen MR) is 55.9 cm³/mol. The SMILES string of the molecule is C=C[C@@H](CCC)Oc1cc(F)ccc1F. The van der Waals surface area contributed by atoms with E-state index in [9.17, 15) is 8.78 Å². The van der Waals surface area contributed by atoms with Crippen molar-refractivity contribution in [3.05, 3.63) is 42.5 Å². The molecule has 3 heteroatoms. The standard InChI is InChI=1S/C12H14F2O/c1-3-5-10(4-2)15-12-8-9(13)6-7-11(12)14/h4,6-8,10H,2-3,5H2,1H3/t10-/m0/s1. The molecule has 0 fully saturated rings. The molecule has 82 valence electrons. The zero-order valence-corrected chi connectivity index (χ0v) is 8.67. The molecule has 0 aliphatic heterocycles. The topological polar surface area (TPSA) is 9.23 Å². The molecule has 1 aromatic carbocycles. The van der Waals surface area contributed by atoms with Gasteiger partial charge in [-0.1, -0.05) is 26.0 Å². The zero-order valence-electron chi connectivity index (χ0n) is 8.67. The van der Waals surface area contributed by atoms with Gasteiger partial charge < -0.3 is 4.74 Å². The third-order valence-electron chi connectivity index (χ3n) is 2.01. The minimum absolute atomic E-state index is 0.0617. The maximum atomic E-state index is 13.2. The van der Waals surface area contributed by atoms with Crippen molar-refractivity contribution in [1.82, 2.24) is 0 Å². The van der Waals surface area contributed by atoms with Crippen LogP contribution >= 0.6 is 0 Å². The zero-order chi connectivity index (χ0) is 11.3. The first-order valence-corrected chi connectivity index (χ1v) is 4.91. The Kier molecular flexibility index (Phi) is 4.28. The summed E-state index contributed by atoms with van der Waals surface area (Å²) in [6.07, 6.45) is 2.95. The van der Waals surface area contributed by atoms with Crippen LogP contribution in [0.3, 0.4) is 0 Å². The van der Waals surface area contributed by atoms with Gasteiger partial charge in [0.15, 0.2) is 11.6 Å². The van der Waals surface area contributed by atoms with Gasteiger partial charge in [0.05, 0.1) is 0 Å². The summed E-state index contributed by atoms with van der Waals surface area (Å²) >= 11 is 0. The smallest absolute Gasteiger partial charge is 0.165 e. The summed E-state index contributed by atoms with van der Waals surface area (Å²) in [4.78, 5) is 0. The number of rotatable bonds is 5. The van der Waals surface area contributed by atoms with Crippen LogP contribution in [0.4, 0.5) is 8.78 Å². The van der Waals surface area contributed by atoms with Gasteiger partial charge in [0.1, 0.15) is 11.9 Å². The summed E-state index contributed by atoms with van der Waals surface area (Å²) in [6, 6.07) is 3.16. The summed E-state index contributed by atoms with van der Waals surface area (Å²) in [5, 5.41) is 0. The summed E-state index contributed by atoms with van der Waals surface area (Å²) in [5.41, 5.74) is 0. The molecular weight excluding hydrogens is 198 g/mol. The molecule has 0 aromatic heterocycles. The van der Waals surface area contributed by atoms with Crippen molar-refractivity contribution in [1.29, 1.82) is 0 Å². The molecule has 0 saturated carbocycles. The fourth-order valence-electron chi connectivity index (χ4n) is 1.24. The third-order valence-corrected chi connectivity index (χ3v) is 2.01. The van der Waals surface area contributed by atoms with E-state index in [1.807, 2.05) is 6.92 Å². The Morgan fingerprint density at radius 2 is 2.20 bits per heavy atom. The van der Waals surface area contributed by atoms with E-state index in [2.05, 4.69) is 6.58 Å². The average Bonchev–Trinajstić information content (AvgIpc) is 2.22. The Morgan fingerprint density at radius 3 is 2.80 bits per heavy atom. The van der Waals surface area contributed by atoms with E-state index in [1.165, 1.54) is 0 Å². The van der Waals surface area contributed by atoms with E-state index in [4.69, 9.17) is 4.74 Å². The van der Waals surface area contributed by atoms with Crippen LogP contribution in [-0.2, 0) is 0 Å². The molecule has 0 aliphatic rings. The van der Waals surface area contributed by atoms with Crippen molar-refractivity contribution in [2.24, 2.45) is 0 Å². The lowest BCUT2D eigenvalue weighted by Crippen LogP contribution is -2.13. The number of ether oxygens (including phenoxy) is 1. The second-order valence-electron chi connectivity index (χ2n) is 3.26. The van der Waals surface area contributed by atoms with Gasteiger partial charge in [0.25, 0.3) is 0 Å². The van der Waals surface area contributed by atoms with Crippen LogP contribution < -0.4 is 4.74 Å². The summed E-state index contributed by atoms with van der Waals surface area (Å²) in [6.45, 7) is 5.57. The van der Waals surface area contributed by atoms with Gasteiger partial charge in [-0.2, -0.15) is 0 Å². The summed E-state index contributed by atoms with van der Waals surface area (Å²) in [5.74, 6) is -1.13. The second kappa shape index (κ2) is 5.49. The molecule has 1 atom stereocenters. The third kappa shape index (κ3) is 3.35. The number of halogens is 2. The predicted octanol–water partition coefficient (Wildman–Crippen LogP) is 3.70. The largest absolute Gasteiger partial charge is 0.483 e. The van der Waals surface area contributed by atoms with Crippen LogP contribution in [0.5, 0.6) is 5.75 Å². The maximum Gasteiger partial charge on any atom is 0.165 e. The maximum absolute atomic E-state index is 13.2. The van der Waals surface area contributed by atoms with Crippen LogP contribution in [0.15, 0.2) is 30.9 Å². The molecular formula is C12H14F2O. The molecule has 0 aliphatic carbocycles. The molecule has 0 amide bonds. The minimum Gasteiger partial charge on any atom is -0.483 e.